The summed E-state index contributed by atoms with van der Waals surface area (Å²) < 4.78 is 41.8. The van der Waals surface area contributed by atoms with E-state index in [9.17, 15) is 71.2 Å². The zero-order valence-electron chi connectivity index (χ0n) is 59.4. The van der Waals surface area contributed by atoms with Crippen LogP contribution in [0.15, 0.2) is 23.3 Å². The molecule has 10 fully saturated rings. The maximum atomic E-state index is 15.9. The molecule has 2 aliphatic heterocycles. The number of carbonyl (C=O) groups excluding carboxylic acids is 2. The minimum absolute atomic E-state index is 0.00965. The molecule has 0 aromatic carbocycles. The molecule has 10 aliphatic carbocycles. The van der Waals surface area contributed by atoms with Crippen LogP contribution in [0.5, 0.6) is 0 Å². The summed E-state index contributed by atoms with van der Waals surface area (Å²) in [4.78, 5) is 45.6. The van der Waals surface area contributed by atoms with E-state index < -0.39 is 206 Å². The quantitative estimate of drug-likeness (QED) is 0.0906. The lowest BCUT2D eigenvalue weighted by Gasteiger charge is -2.72. The lowest BCUT2D eigenvalue weighted by Crippen LogP contribution is -2.72. The Hall–Kier alpha value is -2.79. The zero-order chi connectivity index (χ0) is 71.1. The van der Waals surface area contributed by atoms with E-state index in [0.717, 1.165) is 11.1 Å². The number of hydrogen-bond donors (Lipinski definition) is 13. The number of aliphatic hydroxyl groups excluding tert-OH is 10. The highest BCUT2D eigenvalue weighted by Crippen LogP contribution is 2.79. The van der Waals surface area contributed by atoms with Gasteiger partial charge in [0.1, 0.15) is 60.4 Å². The molecule has 34 atom stereocenters. The molecule has 8 saturated carbocycles. The Balaban J connectivity index is 0.827. The molecule has 12 rings (SSSR count). The SMILES string of the molecule is COC[C@@H]1O[C@H](OC[C@@]23CC[C@@H](C)[C@@](C)(O)[C@H]2C2=CC[C@@H]4[C@@]5(C)C[C@@H](O)[C@@H](OC(=O)[C@]6(C)[C@@H](O)[C@H](O)C[C@]7(C)[C@H]8CC=C9[C@H]%10[C@@](C(=O)O[C@H]%11O[C@@H](CO)[C@H](O)[C@H](OC)[C@H]%11O)(CC[C@@H](C)[C@@]%10(C)O)CC[C@]9(C)[C@@]8(C)CC[C@@H]76)[C@](CO)(C(=O)O)[C@H]5CC[C@]4(C)[C@@]2(C)CC3)[C@H](O)[C@@H](O)[C@H]1O. The molecule has 0 radical (unpaired) electrons. The Morgan fingerprint density at radius 1 is 0.567 bits per heavy atom. The smallest absolute Gasteiger partial charge is 0.316 e. The molecule has 0 aromatic rings. The van der Waals surface area contributed by atoms with Crippen molar-refractivity contribution in [1.82, 2.24) is 0 Å². The van der Waals surface area contributed by atoms with Gasteiger partial charge in [0.25, 0.3) is 0 Å². The fourth-order valence-corrected chi connectivity index (χ4v) is 25.6. The van der Waals surface area contributed by atoms with Gasteiger partial charge in [0, 0.05) is 31.5 Å². The van der Waals surface area contributed by atoms with Gasteiger partial charge < -0.3 is 99.5 Å². The standard InChI is InChI=1S/C74H116O23/c1-36-18-24-72(35-93-58-51(82)50(81)48(79)43(95-58)33-91-12)28-26-65(5)38(54(72)70(36,10)89)14-16-45-64(4)31-41(78)57(74(34-76,60(85)86)47(64)21-23-68(45,65)8)96-61(87)69(9)46-20-22-67(7)44(63(46,3)30-40(77)56(69)84)17-15-39-55-71(11,90)37(2)19-25-73(55,29-27-66(39,67)6)62(88)97-59-52(83)53(92-13)49(80)42(32-75)94-59/h14-15,36-37,40-59,75-84,89-90H,16-35H2,1-13H3,(H,85,86)/t36-,37-,40-,41-,42+,43+,44-,45-,46+,47+,48+,49+,50+,51-,52-,53+,54-,55-,56+,57-,58+,59-,63-,64-,65+,66+,67+,68+,69+,70-,71-,72+,73-,74-/m1/s1. The number of methoxy groups -OCH3 is 2. The van der Waals surface area contributed by atoms with Gasteiger partial charge in [-0.05, 0) is 192 Å². The number of esters is 2. The molecule has 2 saturated heterocycles. The molecule has 0 spiro atoms. The third-order valence-corrected chi connectivity index (χ3v) is 31.9. The number of fused-ring (bicyclic) bond motifs is 14. The van der Waals surface area contributed by atoms with Crippen LogP contribution in [0.4, 0.5) is 0 Å². The number of ether oxygens (including phenoxy) is 7. The minimum atomic E-state index is -2.23. The molecule has 550 valence electrons. The molecule has 0 amide bonds. The van der Waals surface area contributed by atoms with Gasteiger partial charge in [-0.25, -0.2) is 0 Å². The second-order valence-corrected chi connectivity index (χ2v) is 35.5. The maximum absolute atomic E-state index is 15.9. The number of aliphatic carboxylic acids is 1. The lowest BCUT2D eigenvalue weighted by molar-refractivity contribution is -0.313. The highest BCUT2D eigenvalue weighted by atomic mass is 16.7. The number of carboxylic acids is 1. The van der Waals surface area contributed by atoms with E-state index in [4.69, 9.17) is 33.2 Å². The lowest BCUT2D eigenvalue weighted by atomic mass is 9.32. The zero-order valence-corrected chi connectivity index (χ0v) is 59.4. The van der Waals surface area contributed by atoms with Crippen molar-refractivity contribution in [2.75, 3.05) is 40.6 Å². The van der Waals surface area contributed by atoms with Crippen molar-refractivity contribution in [1.29, 1.82) is 0 Å². The van der Waals surface area contributed by atoms with E-state index >= 15 is 9.59 Å². The van der Waals surface area contributed by atoms with Crippen LogP contribution in [0.3, 0.4) is 0 Å². The molecular weight excluding hydrogens is 1260 g/mol. The summed E-state index contributed by atoms with van der Waals surface area (Å²) in [7, 11) is 2.73. The number of aliphatic hydroxyl groups is 12. The monoisotopic (exact) mass is 1370 g/mol. The molecule has 12 aliphatic rings. The van der Waals surface area contributed by atoms with Crippen molar-refractivity contribution >= 4 is 17.9 Å². The third-order valence-electron chi connectivity index (χ3n) is 31.9. The maximum Gasteiger partial charge on any atom is 0.316 e. The number of carboxylic acid groups (broad SMARTS) is 1. The van der Waals surface area contributed by atoms with E-state index in [0.29, 0.717) is 77.0 Å². The van der Waals surface area contributed by atoms with Crippen LogP contribution in [0, 0.1) is 101 Å². The second kappa shape index (κ2) is 24.7. The molecule has 23 nitrogen and oxygen atoms in total. The van der Waals surface area contributed by atoms with E-state index in [1.165, 1.54) is 14.2 Å². The number of allylic oxidation sites excluding steroid dienone is 2. The predicted molar refractivity (Wildman–Crippen MR) is 346 cm³/mol. The molecule has 13 N–H and O–H groups in total. The summed E-state index contributed by atoms with van der Waals surface area (Å²) in [5, 5.41) is 152. The number of hydrogen-bond acceptors (Lipinski definition) is 22. The normalized spacial score (nSPS) is 56.2. The molecule has 97 heavy (non-hydrogen) atoms. The average Bonchev–Trinajstić information content (AvgIpc) is 0.675. The van der Waals surface area contributed by atoms with E-state index in [1.807, 2.05) is 20.8 Å². The average molecular weight is 1370 g/mol. The summed E-state index contributed by atoms with van der Waals surface area (Å²) in [6, 6.07) is 0. The Morgan fingerprint density at radius 3 is 1.69 bits per heavy atom. The van der Waals surface area contributed by atoms with Crippen molar-refractivity contribution in [2.45, 2.75) is 276 Å². The van der Waals surface area contributed by atoms with Crippen LogP contribution in [-0.4, -0.2) is 222 Å². The number of rotatable bonds is 13. The van der Waals surface area contributed by atoms with Gasteiger partial charge in [-0.1, -0.05) is 78.7 Å². The Bertz CT molecular complexity index is 3080. The van der Waals surface area contributed by atoms with Gasteiger partial charge in [-0.3, -0.25) is 14.4 Å². The molecule has 23 heteroatoms. The predicted octanol–water partition coefficient (Wildman–Crippen LogP) is 4.23. The van der Waals surface area contributed by atoms with Crippen molar-refractivity contribution in [3.05, 3.63) is 23.3 Å². The van der Waals surface area contributed by atoms with Crippen LogP contribution in [0.25, 0.3) is 0 Å². The van der Waals surface area contributed by atoms with Crippen LogP contribution in [0.1, 0.15) is 179 Å². The summed E-state index contributed by atoms with van der Waals surface area (Å²) >= 11 is 0. The molecule has 2 heterocycles. The first kappa shape index (κ1) is 73.9. The first-order valence-corrected chi connectivity index (χ1v) is 36.3. The second-order valence-electron chi connectivity index (χ2n) is 35.5. The van der Waals surface area contributed by atoms with E-state index in [2.05, 4.69) is 53.7 Å². The van der Waals surface area contributed by atoms with E-state index in [-0.39, 0.29) is 62.6 Å². The van der Waals surface area contributed by atoms with Crippen LogP contribution in [0.2, 0.25) is 0 Å². The van der Waals surface area contributed by atoms with Crippen molar-refractivity contribution in [3.63, 3.8) is 0 Å². The van der Waals surface area contributed by atoms with Crippen molar-refractivity contribution in [3.8, 4) is 0 Å². The third kappa shape index (κ3) is 9.95. The van der Waals surface area contributed by atoms with Gasteiger partial charge in [0.15, 0.2) is 6.29 Å². The van der Waals surface area contributed by atoms with Gasteiger partial charge in [-0.2, -0.15) is 0 Å². The summed E-state index contributed by atoms with van der Waals surface area (Å²) in [6.45, 7) is 20.6. The highest BCUT2D eigenvalue weighted by molar-refractivity contribution is 5.82. The van der Waals surface area contributed by atoms with Crippen molar-refractivity contribution in [2.24, 2.45) is 101 Å². The molecule has 0 aromatic heterocycles. The van der Waals surface area contributed by atoms with E-state index in [1.54, 1.807) is 13.8 Å². The topological polar surface area (TPSA) is 379 Å². The number of carbonyl (C=O) groups is 3. The molecule has 0 unspecified atom stereocenters. The van der Waals surface area contributed by atoms with Crippen LogP contribution >= 0.6 is 0 Å². The van der Waals surface area contributed by atoms with Crippen LogP contribution in [-0.2, 0) is 47.5 Å². The molecule has 0 bridgehead atoms. The largest absolute Gasteiger partial charge is 0.481 e. The van der Waals surface area contributed by atoms with Gasteiger partial charge in [0.2, 0.25) is 6.29 Å². The Kier molecular flexibility index (Phi) is 18.8. The highest BCUT2D eigenvalue weighted by Gasteiger charge is 2.78. The summed E-state index contributed by atoms with van der Waals surface area (Å²) in [5.74, 6) is -6.71. The first-order chi connectivity index (χ1) is 45.2. The Morgan fingerprint density at radius 2 is 1.11 bits per heavy atom. The fourth-order valence-electron chi connectivity index (χ4n) is 25.6. The van der Waals surface area contributed by atoms with Gasteiger partial charge in [-0.15, -0.1) is 0 Å². The summed E-state index contributed by atoms with van der Waals surface area (Å²) in [6.07, 6.45) is -9.20. The minimum Gasteiger partial charge on any atom is -0.481 e. The van der Waals surface area contributed by atoms with Crippen molar-refractivity contribution < 1.29 is 114 Å². The summed E-state index contributed by atoms with van der Waals surface area (Å²) in [5.41, 5.74) is -11.0. The van der Waals surface area contributed by atoms with Gasteiger partial charge >= 0.3 is 17.9 Å². The first-order valence-electron chi connectivity index (χ1n) is 36.3. The molecular formula is C74H116O23. The Labute approximate surface area is 571 Å². The fraction of sp³-hybridized carbons (Fsp3) is 0.905. The van der Waals surface area contributed by atoms with Crippen LogP contribution < -0.4 is 0 Å². The van der Waals surface area contributed by atoms with Gasteiger partial charge in [0.05, 0.1) is 66.8 Å².